The quantitative estimate of drug-likeness (QED) is 0.896. The second kappa shape index (κ2) is 5.07. The van der Waals surface area contributed by atoms with Crippen molar-refractivity contribution < 1.29 is 9.90 Å². The van der Waals surface area contributed by atoms with Crippen molar-refractivity contribution in [2.45, 2.75) is 13.8 Å². The van der Waals surface area contributed by atoms with Crippen LogP contribution >= 0.6 is 27.3 Å². The van der Waals surface area contributed by atoms with Crippen LogP contribution in [0.4, 0.5) is 10.8 Å². The molecule has 0 bridgehead atoms. The van der Waals surface area contributed by atoms with Crippen LogP contribution in [-0.4, -0.2) is 16.1 Å². The van der Waals surface area contributed by atoms with Gasteiger partial charge in [-0.05, 0) is 37.6 Å². The fraction of sp³-hybridized carbons (Fsp3) is 0.167. The van der Waals surface area contributed by atoms with E-state index in [-0.39, 0.29) is 4.88 Å². The molecule has 0 aliphatic carbocycles. The normalized spacial score (nSPS) is 10.4. The lowest BCUT2D eigenvalue weighted by Crippen LogP contribution is -1.94. The molecule has 0 unspecified atom stereocenters. The van der Waals surface area contributed by atoms with Crippen molar-refractivity contribution in [2.24, 2.45) is 0 Å². The highest BCUT2D eigenvalue weighted by Crippen LogP contribution is 2.27. The van der Waals surface area contributed by atoms with E-state index in [0.717, 1.165) is 27.1 Å². The number of aryl methyl sites for hydroxylation is 2. The van der Waals surface area contributed by atoms with Gasteiger partial charge in [0.25, 0.3) is 0 Å². The summed E-state index contributed by atoms with van der Waals surface area (Å²) in [6, 6.07) is 5.83. The third-order valence-corrected chi connectivity index (χ3v) is 4.35. The Morgan fingerprint density at radius 1 is 1.44 bits per heavy atom. The molecule has 0 aliphatic heterocycles. The Labute approximate surface area is 117 Å². The summed E-state index contributed by atoms with van der Waals surface area (Å²) >= 11 is 4.57. The van der Waals surface area contributed by atoms with Gasteiger partial charge in [-0.15, -0.1) is 0 Å². The predicted octanol–water partition coefficient (Wildman–Crippen LogP) is 3.96. The first kappa shape index (κ1) is 13.0. The van der Waals surface area contributed by atoms with E-state index >= 15 is 0 Å². The van der Waals surface area contributed by atoms with Gasteiger partial charge in [0.15, 0.2) is 5.13 Å². The number of halogens is 1. The molecule has 0 fully saturated rings. The molecule has 0 saturated heterocycles. The molecule has 0 aliphatic rings. The highest BCUT2D eigenvalue weighted by atomic mass is 79.9. The Hall–Kier alpha value is -1.40. The summed E-state index contributed by atoms with van der Waals surface area (Å²) in [5, 5.41) is 12.7. The van der Waals surface area contributed by atoms with Crippen molar-refractivity contribution in [1.29, 1.82) is 0 Å². The average molecular weight is 327 g/mol. The zero-order valence-corrected chi connectivity index (χ0v) is 12.2. The third kappa shape index (κ3) is 2.70. The summed E-state index contributed by atoms with van der Waals surface area (Å²) < 4.78 is 1.04. The van der Waals surface area contributed by atoms with E-state index < -0.39 is 5.97 Å². The molecule has 1 aromatic carbocycles. The zero-order valence-electron chi connectivity index (χ0n) is 9.82. The van der Waals surface area contributed by atoms with Gasteiger partial charge in [-0.25, -0.2) is 9.78 Å². The maximum absolute atomic E-state index is 10.9. The van der Waals surface area contributed by atoms with Crippen LogP contribution in [0.25, 0.3) is 0 Å². The molecule has 0 radical (unpaired) electrons. The first-order chi connectivity index (χ1) is 8.47. The number of nitrogens with one attached hydrogen (secondary N) is 1. The number of benzene rings is 1. The molecule has 6 heteroatoms. The van der Waals surface area contributed by atoms with Gasteiger partial charge in [0.2, 0.25) is 0 Å². The number of anilines is 2. The van der Waals surface area contributed by atoms with E-state index in [1.165, 1.54) is 0 Å². The smallest absolute Gasteiger partial charge is 0.347 e. The highest BCUT2D eigenvalue weighted by molar-refractivity contribution is 9.10. The van der Waals surface area contributed by atoms with E-state index in [1.807, 2.05) is 25.1 Å². The van der Waals surface area contributed by atoms with Gasteiger partial charge in [-0.2, -0.15) is 0 Å². The largest absolute Gasteiger partial charge is 0.477 e. The van der Waals surface area contributed by atoms with Crippen LogP contribution in [0.1, 0.15) is 20.9 Å². The van der Waals surface area contributed by atoms with Crippen molar-refractivity contribution in [2.75, 3.05) is 5.32 Å². The van der Waals surface area contributed by atoms with Crippen molar-refractivity contribution in [3.8, 4) is 0 Å². The average Bonchev–Trinajstić information content (AvgIpc) is 2.65. The van der Waals surface area contributed by atoms with Crippen LogP contribution in [0.5, 0.6) is 0 Å². The second-order valence-electron chi connectivity index (χ2n) is 3.83. The van der Waals surface area contributed by atoms with E-state index in [4.69, 9.17) is 5.11 Å². The van der Waals surface area contributed by atoms with Crippen LogP contribution in [0.2, 0.25) is 0 Å². The first-order valence-electron chi connectivity index (χ1n) is 5.21. The summed E-state index contributed by atoms with van der Waals surface area (Å²) in [7, 11) is 0. The maximum atomic E-state index is 10.9. The Bertz CT molecular complexity index is 610. The van der Waals surface area contributed by atoms with Crippen molar-refractivity contribution in [3.63, 3.8) is 0 Å². The number of nitrogens with zero attached hydrogens (tertiary/aromatic N) is 1. The summed E-state index contributed by atoms with van der Waals surface area (Å²) in [4.78, 5) is 15.4. The minimum absolute atomic E-state index is 0.270. The Morgan fingerprint density at radius 3 is 2.72 bits per heavy atom. The number of hydrogen-bond acceptors (Lipinski definition) is 4. The van der Waals surface area contributed by atoms with Crippen molar-refractivity contribution in [1.82, 2.24) is 4.98 Å². The van der Waals surface area contributed by atoms with Gasteiger partial charge in [0, 0.05) is 10.2 Å². The lowest BCUT2D eigenvalue weighted by atomic mass is 10.2. The van der Waals surface area contributed by atoms with Crippen LogP contribution in [0, 0.1) is 13.8 Å². The predicted molar refractivity (Wildman–Crippen MR) is 76.0 cm³/mol. The number of carboxylic acids is 1. The minimum Gasteiger partial charge on any atom is -0.477 e. The molecule has 2 rings (SSSR count). The molecule has 0 amide bonds. The number of aromatic nitrogens is 1. The van der Waals surface area contributed by atoms with Crippen LogP contribution in [0.3, 0.4) is 0 Å². The Kier molecular flexibility index (Phi) is 3.68. The fourth-order valence-electron chi connectivity index (χ4n) is 1.49. The van der Waals surface area contributed by atoms with Gasteiger partial charge >= 0.3 is 5.97 Å². The molecule has 0 atom stereocenters. The zero-order chi connectivity index (χ0) is 13.3. The molecule has 2 N–H and O–H groups in total. The monoisotopic (exact) mass is 326 g/mol. The van der Waals surface area contributed by atoms with Crippen molar-refractivity contribution >= 4 is 44.1 Å². The number of carboxylic acid groups (broad SMARTS) is 1. The van der Waals surface area contributed by atoms with Crippen LogP contribution in [0.15, 0.2) is 22.7 Å². The molecular weight excluding hydrogens is 316 g/mol. The number of aromatic carboxylic acids is 1. The summed E-state index contributed by atoms with van der Waals surface area (Å²) in [6.07, 6.45) is 0. The molecule has 18 heavy (non-hydrogen) atoms. The molecule has 1 heterocycles. The summed E-state index contributed by atoms with van der Waals surface area (Å²) in [5.41, 5.74) is 2.52. The minimum atomic E-state index is -0.940. The topological polar surface area (TPSA) is 62.2 Å². The van der Waals surface area contributed by atoms with Crippen LogP contribution < -0.4 is 5.32 Å². The SMILES string of the molecule is Cc1cc(Nc2nc(C)c(C(=O)O)s2)ccc1Br. The Morgan fingerprint density at radius 2 is 2.17 bits per heavy atom. The summed E-state index contributed by atoms with van der Waals surface area (Å²) in [6.45, 7) is 3.68. The number of hydrogen-bond donors (Lipinski definition) is 2. The highest BCUT2D eigenvalue weighted by Gasteiger charge is 2.13. The molecule has 0 saturated carbocycles. The van der Waals surface area contributed by atoms with Gasteiger partial charge < -0.3 is 10.4 Å². The Balaban J connectivity index is 2.26. The molecule has 2 aromatic rings. The number of thiazole rings is 1. The van der Waals surface area contributed by atoms with E-state index in [1.54, 1.807) is 6.92 Å². The lowest BCUT2D eigenvalue weighted by Gasteiger charge is -2.04. The van der Waals surface area contributed by atoms with E-state index in [2.05, 4.69) is 26.2 Å². The molecule has 1 aromatic heterocycles. The third-order valence-electron chi connectivity index (χ3n) is 2.40. The molecule has 94 valence electrons. The molecule has 4 nitrogen and oxygen atoms in total. The summed E-state index contributed by atoms with van der Waals surface area (Å²) in [5.74, 6) is -0.940. The number of carbonyl (C=O) groups is 1. The van der Waals surface area contributed by atoms with Gasteiger partial charge in [0.1, 0.15) is 4.88 Å². The van der Waals surface area contributed by atoms with E-state index in [0.29, 0.717) is 10.8 Å². The maximum Gasteiger partial charge on any atom is 0.347 e. The van der Waals surface area contributed by atoms with Crippen molar-refractivity contribution in [3.05, 3.63) is 38.8 Å². The molecule has 0 spiro atoms. The van der Waals surface area contributed by atoms with Gasteiger partial charge in [-0.3, -0.25) is 0 Å². The van der Waals surface area contributed by atoms with Crippen LogP contribution in [-0.2, 0) is 0 Å². The number of rotatable bonds is 3. The van der Waals surface area contributed by atoms with Gasteiger partial charge in [0.05, 0.1) is 5.69 Å². The van der Waals surface area contributed by atoms with Gasteiger partial charge in [-0.1, -0.05) is 27.3 Å². The fourth-order valence-corrected chi connectivity index (χ4v) is 2.57. The van der Waals surface area contributed by atoms with E-state index in [9.17, 15) is 4.79 Å². The second-order valence-corrected chi connectivity index (χ2v) is 5.68. The lowest BCUT2D eigenvalue weighted by molar-refractivity contribution is 0.0701. The first-order valence-corrected chi connectivity index (χ1v) is 6.82. The standard InChI is InChI=1S/C12H11BrN2O2S/c1-6-5-8(3-4-9(6)13)15-12-14-7(2)10(18-12)11(16)17/h3-5H,1-2H3,(H,14,15)(H,16,17). The molecular formula is C12H11BrN2O2S.